The number of aromatic amines is 1. The van der Waals surface area contributed by atoms with E-state index in [0.717, 1.165) is 10.8 Å². The number of amides is 4. The molecule has 36 nitrogen and oxygen atoms in total. The first kappa shape index (κ1) is 85.8. The highest BCUT2D eigenvalue weighted by atomic mass is 33.1. The van der Waals surface area contributed by atoms with Crippen LogP contribution in [0.15, 0.2) is 108 Å². The molecule has 4 unspecified atom stereocenters. The first-order valence-corrected chi connectivity index (χ1v) is 43.9. The average Bonchev–Trinajstić information content (AvgIpc) is 0.990. The summed E-state index contributed by atoms with van der Waals surface area (Å²) in [7, 11) is -20.4. The molecule has 3 aliphatic rings. The van der Waals surface area contributed by atoms with Crippen molar-refractivity contribution in [3.63, 3.8) is 0 Å². The monoisotopic (exact) mass is 1640 g/mol. The van der Waals surface area contributed by atoms with E-state index in [4.69, 9.17) is 42.4 Å². The molecule has 45 heteroatoms. The van der Waals surface area contributed by atoms with E-state index in [1.807, 2.05) is 6.26 Å². The summed E-state index contributed by atoms with van der Waals surface area (Å²) < 4.78 is 157. The van der Waals surface area contributed by atoms with Crippen molar-refractivity contribution in [2.45, 2.75) is 79.1 Å². The highest BCUT2D eigenvalue weighted by Crippen LogP contribution is 2.66. The van der Waals surface area contributed by atoms with E-state index in [0.29, 0.717) is 5.75 Å². The van der Waals surface area contributed by atoms with Gasteiger partial charge in [0.05, 0.1) is 43.5 Å². The van der Waals surface area contributed by atoms with Crippen LogP contribution in [0.1, 0.15) is 72.5 Å². The van der Waals surface area contributed by atoms with Crippen LogP contribution < -0.4 is 42.6 Å². The van der Waals surface area contributed by atoms with Gasteiger partial charge in [0.15, 0.2) is 21.1 Å². The quantitative estimate of drug-likeness (QED) is 0.00426. The molecule has 7 atom stereocenters. The highest BCUT2D eigenvalue weighted by Gasteiger charge is 2.44. The van der Waals surface area contributed by atoms with Crippen LogP contribution >= 0.6 is 66.6 Å². The SMILES string of the molecule is CC/N=c1\ccc2c(-c3ccccc3C(=O)N(C)CCCC(=O)NCCNC(=O)c3cccc(OCC(OCCOCC(=O)NCC#Cc4cn([C@H]5CC(O[C@H](C)SSC)[C@@H](COP(=O)(O)OP(=O)(O)OP(=O)(O)O)O5)c(=O)[nH]c4=O)SSC)c3)c3ccc(NCC)c(S(=O)(=O)O)c3oc-2c1S(=O)(=O)O. The van der Waals surface area contributed by atoms with E-state index in [2.05, 4.69) is 51.7 Å². The molecule has 105 heavy (non-hydrogen) atoms. The number of rotatable bonds is 39. The fraction of sp³-hybridized carbons (Fsp3) is 0.417. The van der Waals surface area contributed by atoms with Crippen molar-refractivity contribution >= 4 is 127 Å². The average molecular weight is 1640 g/mol. The number of fused-ring (bicyclic) bond motifs is 2. The highest BCUT2D eigenvalue weighted by molar-refractivity contribution is 8.76. The molecule has 574 valence electrons. The van der Waals surface area contributed by atoms with Crippen LogP contribution in [0.3, 0.4) is 0 Å². The summed E-state index contributed by atoms with van der Waals surface area (Å²) in [5.74, 6) is 3.08. The van der Waals surface area contributed by atoms with E-state index >= 15 is 0 Å². The number of phosphoric acid groups is 3. The molecular weight excluding hydrogens is 1570 g/mol. The molecule has 1 fully saturated rings. The number of hydrogen-bond donors (Lipinski definition) is 11. The lowest BCUT2D eigenvalue weighted by Crippen LogP contribution is -2.35. The van der Waals surface area contributed by atoms with Crippen LogP contribution in [0.5, 0.6) is 5.75 Å². The Morgan fingerprint density at radius 2 is 1.58 bits per heavy atom. The number of nitrogens with zero attached hydrogens (tertiary/aromatic N) is 3. The third-order valence-electron chi connectivity index (χ3n) is 14.5. The molecule has 7 rings (SSSR count). The number of nitrogens with one attached hydrogen (secondary N) is 5. The summed E-state index contributed by atoms with van der Waals surface area (Å²) in [6, 6.07) is 18.3. The van der Waals surface area contributed by atoms with Gasteiger partial charge in [0.25, 0.3) is 37.6 Å². The van der Waals surface area contributed by atoms with Crippen LogP contribution in [-0.4, -0.2) is 199 Å². The molecule has 3 aromatic carbocycles. The van der Waals surface area contributed by atoms with E-state index < -0.39 is 136 Å². The summed E-state index contributed by atoms with van der Waals surface area (Å²) in [5.41, 5.74) is -2.94. The fourth-order valence-electron chi connectivity index (χ4n) is 10.3. The minimum atomic E-state index is -5.83. The van der Waals surface area contributed by atoms with Gasteiger partial charge in [-0.1, -0.05) is 79.3 Å². The molecule has 1 aliphatic carbocycles. The van der Waals surface area contributed by atoms with Crippen molar-refractivity contribution in [1.29, 1.82) is 0 Å². The second kappa shape index (κ2) is 39.1. The Balaban J connectivity index is 0.838. The number of benzene rings is 4. The van der Waals surface area contributed by atoms with Gasteiger partial charge in [-0.15, -0.1) is 0 Å². The number of hydrogen-bond acceptors (Lipinski definition) is 28. The molecule has 4 aromatic rings. The maximum absolute atomic E-state index is 14.4. The fourth-order valence-corrected chi connectivity index (χ4v) is 17.8. The number of carbonyl (C=O) groups excluding carboxylic acids is 4. The molecule has 1 saturated heterocycles. The number of aromatic nitrogens is 2. The van der Waals surface area contributed by atoms with Gasteiger partial charge < -0.3 is 73.8 Å². The molecule has 2 aliphatic heterocycles. The van der Waals surface area contributed by atoms with Crippen LogP contribution in [0.4, 0.5) is 5.69 Å². The van der Waals surface area contributed by atoms with E-state index in [9.17, 15) is 78.2 Å². The molecule has 11 N–H and O–H groups in total. The Kier molecular flexibility index (Phi) is 31.9. The molecule has 1 aromatic heterocycles. The third kappa shape index (κ3) is 25.3. The Morgan fingerprint density at radius 1 is 0.857 bits per heavy atom. The second-order valence-corrected chi connectivity index (χ2v) is 34.6. The smallest absolute Gasteiger partial charge is 0.490 e. The van der Waals surface area contributed by atoms with Gasteiger partial charge in [-0.05, 0) is 93.8 Å². The Hall–Kier alpha value is -6.46. The standard InChI is InChI=1S/C60H75N8O28P3S6/c1-7-61-44-22-20-42-52(43-21-23-45(62-8-2)56(105(85,86)87)54(43)94-53(42)55(44)104(82,83)84)40-17-9-10-18-41(40)59(73)67(4)27-13-19-48(69)64-25-26-65-57(71)37-14-11-16-39(30-37)90-35-51(103-101-6)89-29-28-88-34-49(70)63-24-12-15-38-32-68(60(74)66-58(38)72)50-31-46(92-36(3)102-100-5)47(93-50)33-91-98(78,79)96-99(80,81)95-97(75,76)77/h9-11,14,16-18,20-23,30,32,36,46-47,50-51,61H,7-8,13,19,24-29,31,33-35H2,1-6H3,(H,63,70)(H,64,69)(H,65,71)(H,78,79)(H,80,81)(H,66,72,74)(H2,75,76,77)(H,82,83,84)(H,85,86,87)/b62-45+/t36-,46?,47+,50+,51?/m0/s1. The lowest BCUT2D eigenvalue weighted by atomic mass is 9.90. The van der Waals surface area contributed by atoms with Crippen molar-refractivity contribution in [3.8, 4) is 40.0 Å². The summed E-state index contributed by atoms with van der Waals surface area (Å²) in [4.78, 5) is 122. The Morgan fingerprint density at radius 3 is 2.28 bits per heavy atom. The van der Waals surface area contributed by atoms with E-state index in [-0.39, 0.29) is 134 Å². The number of carbonyl (C=O) groups is 4. The normalized spacial score (nSPS) is 16.7. The van der Waals surface area contributed by atoms with Gasteiger partial charge in [0.2, 0.25) is 11.8 Å². The number of phosphoric ester groups is 1. The van der Waals surface area contributed by atoms with Crippen molar-refractivity contribution < 1.29 is 120 Å². The topological polar surface area (TPSA) is 515 Å². The van der Waals surface area contributed by atoms with Gasteiger partial charge in [-0.2, -0.15) is 25.5 Å². The lowest BCUT2D eigenvalue weighted by molar-refractivity contribution is -0.126. The largest absolute Gasteiger partial charge is 0.490 e. The van der Waals surface area contributed by atoms with Gasteiger partial charge in [0.1, 0.15) is 47.7 Å². The van der Waals surface area contributed by atoms with Crippen molar-refractivity contribution in [3.05, 3.63) is 122 Å². The molecule has 0 radical (unpaired) electrons. The molecule has 0 bridgehead atoms. The van der Waals surface area contributed by atoms with Gasteiger partial charge in [-0.3, -0.25) is 52.1 Å². The minimum Gasteiger partial charge on any atom is -0.490 e. The Bertz CT molecular complexity index is 4750. The van der Waals surface area contributed by atoms with Gasteiger partial charge in [0, 0.05) is 86.4 Å². The molecule has 3 heterocycles. The van der Waals surface area contributed by atoms with Gasteiger partial charge in [-0.25, -0.2) is 18.5 Å². The number of anilines is 1. The third-order valence-corrected chi connectivity index (χ3v) is 24.0. The summed E-state index contributed by atoms with van der Waals surface area (Å²) >= 11 is 0. The van der Waals surface area contributed by atoms with E-state index in [1.165, 1.54) is 91.5 Å². The molecule has 0 saturated carbocycles. The van der Waals surface area contributed by atoms with Crippen molar-refractivity contribution in [2.24, 2.45) is 4.99 Å². The number of H-pyrrole nitrogens is 1. The van der Waals surface area contributed by atoms with Crippen molar-refractivity contribution in [1.82, 2.24) is 30.4 Å². The first-order chi connectivity index (χ1) is 49.6. The maximum Gasteiger partial charge on any atom is 0.490 e. The summed E-state index contributed by atoms with van der Waals surface area (Å²) in [6.07, 6.45) is 1.24. The van der Waals surface area contributed by atoms with Crippen LogP contribution in [0.2, 0.25) is 0 Å². The predicted octanol–water partition coefficient (Wildman–Crippen LogP) is 5.59. The van der Waals surface area contributed by atoms with Gasteiger partial charge >= 0.3 is 29.2 Å². The molecular formula is C60H75N8O28P3S6. The first-order valence-electron chi connectivity index (χ1n) is 31.2. The zero-order valence-electron chi connectivity index (χ0n) is 56.6. The number of ether oxygens (including phenoxy) is 5. The maximum atomic E-state index is 14.4. The zero-order chi connectivity index (χ0) is 77.0. The Labute approximate surface area is 616 Å². The molecule has 4 amide bonds. The lowest BCUT2D eigenvalue weighted by Gasteiger charge is -2.23. The second-order valence-electron chi connectivity index (χ2n) is 22.0. The predicted molar refractivity (Wildman–Crippen MR) is 388 cm³/mol. The molecule has 0 spiro atoms. The summed E-state index contributed by atoms with van der Waals surface area (Å²) in [5, 5.41) is 10.7. The van der Waals surface area contributed by atoms with Crippen LogP contribution in [-0.2, 0) is 75.6 Å². The zero-order valence-corrected chi connectivity index (χ0v) is 64.2. The minimum absolute atomic E-state index is 0.0140. The van der Waals surface area contributed by atoms with Crippen molar-refractivity contribution in [2.75, 3.05) is 97.2 Å². The van der Waals surface area contributed by atoms with Crippen LogP contribution in [0, 0.1) is 11.8 Å². The van der Waals surface area contributed by atoms with E-state index in [1.54, 1.807) is 63.4 Å². The van der Waals surface area contributed by atoms with Crippen LogP contribution in [0.25, 0.3) is 33.4 Å². The summed E-state index contributed by atoms with van der Waals surface area (Å²) in [6.45, 7) is 3.98.